The fourth-order valence-electron chi connectivity index (χ4n) is 6.06. The van der Waals surface area contributed by atoms with Crippen LogP contribution in [0.25, 0.3) is 0 Å². The van der Waals surface area contributed by atoms with Gasteiger partial charge in [0.15, 0.2) is 0 Å². The smallest absolute Gasteiger partial charge is 0.330 e. The van der Waals surface area contributed by atoms with Gasteiger partial charge in [0.05, 0.1) is 37.0 Å². The molecule has 2 heterocycles. The Morgan fingerprint density at radius 1 is 0.865 bits per heavy atom. The Hall–Kier alpha value is -4.39. The zero-order chi connectivity index (χ0) is 37.0. The van der Waals surface area contributed by atoms with Crippen LogP contribution in [0.3, 0.4) is 0 Å². The Balaban J connectivity index is 1.40. The number of rotatable bonds is 13. The Morgan fingerprint density at radius 3 is 2.02 bits per heavy atom. The van der Waals surface area contributed by atoms with Gasteiger partial charge < -0.3 is 32.9 Å². The molecule has 4 aromatic carbocycles. The van der Waals surface area contributed by atoms with Gasteiger partial charge in [-0.25, -0.2) is 4.79 Å². The van der Waals surface area contributed by atoms with Crippen LogP contribution in [0.15, 0.2) is 113 Å². The first-order valence-corrected chi connectivity index (χ1v) is 18.2. The molecule has 272 valence electrons. The minimum Gasteiger partial charge on any atom is -0.746 e. The van der Waals surface area contributed by atoms with Gasteiger partial charge in [0.25, 0.3) is 5.56 Å². The van der Waals surface area contributed by atoms with Crippen LogP contribution < -0.4 is 30.1 Å². The molecular formula is C37H34Cl2N2O10P-. The molecule has 1 aromatic heterocycles. The molecule has 0 bridgehead atoms. The van der Waals surface area contributed by atoms with Crippen LogP contribution in [-0.4, -0.2) is 42.6 Å². The number of nitrogens with one attached hydrogen (secondary N) is 1. The van der Waals surface area contributed by atoms with E-state index in [1.165, 1.54) is 35.9 Å². The van der Waals surface area contributed by atoms with E-state index in [0.29, 0.717) is 11.5 Å². The summed E-state index contributed by atoms with van der Waals surface area (Å²) in [5, 5.41) is 0.286. The summed E-state index contributed by atoms with van der Waals surface area (Å²) < 4.78 is 49.6. The van der Waals surface area contributed by atoms with Crippen molar-refractivity contribution in [2.45, 2.75) is 37.4 Å². The molecule has 1 saturated heterocycles. The average Bonchev–Trinajstić information content (AvgIpc) is 3.53. The van der Waals surface area contributed by atoms with Crippen molar-refractivity contribution in [2.75, 3.05) is 20.8 Å². The molecule has 0 spiro atoms. The molecule has 4 atom stereocenters. The molecule has 6 rings (SSSR count). The third-order valence-corrected chi connectivity index (χ3v) is 10.3. The van der Waals surface area contributed by atoms with Crippen LogP contribution >= 0.6 is 31.0 Å². The number of phosphoric ester groups is 1. The predicted molar refractivity (Wildman–Crippen MR) is 192 cm³/mol. The molecule has 1 aliphatic heterocycles. The van der Waals surface area contributed by atoms with Crippen molar-refractivity contribution in [1.29, 1.82) is 0 Å². The number of nitrogens with zero attached hydrogens (tertiary/aromatic N) is 1. The summed E-state index contributed by atoms with van der Waals surface area (Å²) in [6, 6.07) is 28.2. The van der Waals surface area contributed by atoms with Gasteiger partial charge in [-0.3, -0.25) is 18.9 Å². The highest BCUT2D eigenvalue weighted by Gasteiger charge is 2.44. The van der Waals surface area contributed by atoms with Crippen LogP contribution in [0.2, 0.25) is 10.0 Å². The van der Waals surface area contributed by atoms with E-state index in [2.05, 4.69) is 4.98 Å². The van der Waals surface area contributed by atoms with Gasteiger partial charge in [0.1, 0.15) is 35.2 Å². The van der Waals surface area contributed by atoms with E-state index in [1.807, 2.05) is 78.9 Å². The fraction of sp³-hybridized carbons (Fsp3) is 0.243. The third kappa shape index (κ3) is 7.99. The van der Waals surface area contributed by atoms with E-state index in [4.69, 9.17) is 51.2 Å². The minimum absolute atomic E-state index is 0.0804. The molecule has 1 aliphatic rings. The Labute approximate surface area is 309 Å². The molecule has 0 amide bonds. The van der Waals surface area contributed by atoms with Gasteiger partial charge >= 0.3 is 13.5 Å². The molecule has 1 fully saturated rings. The number of aromatic amines is 1. The number of halogens is 2. The van der Waals surface area contributed by atoms with E-state index < -0.39 is 43.1 Å². The lowest BCUT2D eigenvalue weighted by Crippen LogP contribution is -2.39. The average molecular weight is 769 g/mol. The van der Waals surface area contributed by atoms with Gasteiger partial charge in [0, 0.05) is 24.2 Å². The van der Waals surface area contributed by atoms with E-state index in [9.17, 15) is 19.0 Å². The predicted octanol–water partition coefficient (Wildman–Crippen LogP) is 6.40. The second-order valence-corrected chi connectivity index (χ2v) is 14.0. The quantitative estimate of drug-likeness (QED) is 0.105. The zero-order valence-electron chi connectivity index (χ0n) is 28.2. The van der Waals surface area contributed by atoms with Crippen molar-refractivity contribution in [2.24, 2.45) is 0 Å². The van der Waals surface area contributed by atoms with Gasteiger partial charge in [0.2, 0.25) is 0 Å². The second kappa shape index (κ2) is 15.7. The molecule has 0 aliphatic carbocycles. The highest BCUT2D eigenvalue weighted by atomic mass is 35.5. The molecule has 0 radical (unpaired) electrons. The highest BCUT2D eigenvalue weighted by Crippen LogP contribution is 2.47. The Kier molecular flexibility index (Phi) is 11.3. The molecule has 15 heteroatoms. The summed E-state index contributed by atoms with van der Waals surface area (Å²) >= 11 is 12.1. The molecule has 1 N–H and O–H groups in total. The maximum absolute atomic E-state index is 13.4. The first-order valence-electron chi connectivity index (χ1n) is 16.0. The third-order valence-electron chi connectivity index (χ3n) is 8.65. The summed E-state index contributed by atoms with van der Waals surface area (Å²) in [7, 11) is -1.96. The number of H-pyrrole nitrogens is 1. The van der Waals surface area contributed by atoms with Gasteiger partial charge in [-0.05, 0) is 60.0 Å². The zero-order valence-corrected chi connectivity index (χ0v) is 30.6. The topological polar surface area (TPSA) is 150 Å². The maximum atomic E-state index is 13.4. The van der Waals surface area contributed by atoms with E-state index in [1.54, 1.807) is 14.2 Å². The highest BCUT2D eigenvalue weighted by molar-refractivity contribution is 7.46. The molecular weight excluding hydrogens is 734 g/mol. The molecule has 1 unspecified atom stereocenters. The monoisotopic (exact) mass is 767 g/mol. The van der Waals surface area contributed by atoms with Crippen molar-refractivity contribution in [3.05, 3.63) is 156 Å². The Bertz CT molecular complexity index is 2130. The summed E-state index contributed by atoms with van der Waals surface area (Å²) in [5.74, 6) is 1.14. The van der Waals surface area contributed by atoms with Crippen molar-refractivity contribution >= 4 is 31.0 Å². The number of methoxy groups -OCH3 is 2. The standard InChI is InChI=1S/C37H35Cl2N2O10P/c1-23-21-41(36(43)40-35(23)42)34-20-32(51-52(44,45)50-29-17-18-30(38)31(39)19-29)33(49-34)22-48-37(24-7-5-4-6-8-24,25-9-13-27(46-2)14-10-25)26-11-15-28(47-3)16-12-26/h4-19,21,32-34H,20,22H2,1-3H3,(H,44,45)(H,40,42,43)/p-1/t32-,33+,34+/m0/s1. The lowest BCUT2D eigenvalue weighted by atomic mass is 9.80. The number of phosphoric acid groups is 1. The second-order valence-electron chi connectivity index (χ2n) is 11.9. The van der Waals surface area contributed by atoms with E-state index in [-0.39, 0.29) is 34.4 Å². The normalized spacial score (nSPS) is 18.5. The number of benzene rings is 4. The van der Waals surface area contributed by atoms with E-state index in [0.717, 1.165) is 16.7 Å². The molecule has 0 saturated carbocycles. The van der Waals surface area contributed by atoms with Gasteiger partial charge in [-0.1, -0.05) is 77.8 Å². The van der Waals surface area contributed by atoms with Gasteiger partial charge in [-0.2, -0.15) is 0 Å². The molecule has 5 aromatic rings. The number of ether oxygens (including phenoxy) is 4. The van der Waals surface area contributed by atoms with Crippen LogP contribution in [0, 0.1) is 6.92 Å². The number of aryl methyl sites for hydroxylation is 1. The first-order chi connectivity index (χ1) is 24.9. The summed E-state index contributed by atoms with van der Waals surface area (Å²) in [4.78, 5) is 40.7. The summed E-state index contributed by atoms with van der Waals surface area (Å²) in [6.07, 6.45) is -2.11. The number of hydrogen-bond acceptors (Lipinski definition) is 10. The molecule has 12 nitrogen and oxygen atoms in total. The summed E-state index contributed by atoms with van der Waals surface area (Å²) in [6.45, 7) is 1.30. The maximum Gasteiger partial charge on any atom is 0.330 e. The van der Waals surface area contributed by atoms with Crippen LogP contribution in [0.4, 0.5) is 0 Å². The van der Waals surface area contributed by atoms with Crippen molar-refractivity contribution in [1.82, 2.24) is 9.55 Å². The number of hydrogen-bond donors (Lipinski definition) is 1. The largest absolute Gasteiger partial charge is 0.746 e. The molecule has 52 heavy (non-hydrogen) atoms. The first kappa shape index (κ1) is 37.4. The lowest BCUT2D eigenvalue weighted by molar-refractivity contribution is -0.223. The Morgan fingerprint density at radius 2 is 1.44 bits per heavy atom. The van der Waals surface area contributed by atoms with E-state index >= 15 is 0 Å². The van der Waals surface area contributed by atoms with Crippen LogP contribution in [0.1, 0.15) is 34.9 Å². The van der Waals surface area contributed by atoms with Gasteiger partial charge in [-0.15, -0.1) is 0 Å². The fourth-order valence-corrected chi connectivity index (χ4v) is 7.32. The summed E-state index contributed by atoms with van der Waals surface area (Å²) in [5.41, 5.74) is -0.133. The lowest BCUT2D eigenvalue weighted by Gasteiger charge is -2.37. The van der Waals surface area contributed by atoms with Crippen molar-refractivity contribution in [3.8, 4) is 17.2 Å². The SMILES string of the molecule is COc1ccc(C(OC[C@H]2O[C@@H](n3cc(C)c(=O)[nH]c3=O)C[C@@H]2OP(=O)([O-])Oc2ccc(Cl)c(Cl)c2)(c2ccccc2)c2ccc(OC)cc2)cc1. The van der Waals surface area contributed by atoms with Crippen LogP contribution in [0.5, 0.6) is 17.2 Å². The minimum atomic E-state index is -5.10. The van der Waals surface area contributed by atoms with Crippen LogP contribution in [-0.2, 0) is 24.2 Å². The van der Waals surface area contributed by atoms with Crippen molar-refractivity contribution < 1.29 is 37.5 Å². The number of aromatic nitrogens is 2. The van der Waals surface area contributed by atoms with Crippen molar-refractivity contribution in [3.63, 3.8) is 0 Å².